The Kier molecular flexibility index (Phi) is 4.67. The maximum absolute atomic E-state index is 13.7. The Morgan fingerprint density at radius 3 is 3.19 bits per heavy atom. The number of hydrogen-bond donors (Lipinski definition) is 1. The molecule has 1 saturated heterocycles. The molecule has 0 saturated carbocycles. The third-order valence-corrected chi connectivity index (χ3v) is 4.53. The fourth-order valence-corrected chi connectivity index (χ4v) is 3.46. The molecular weight excluding hydrogens is 289 g/mol. The molecule has 2 aromatic rings. The Morgan fingerprint density at radius 2 is 2.48 bits per heavy atom. The van der Waals surface area contributed by atoms with Crippen LogP contribution in [0.3, 0.4) is 0 Å². The van der Waals surface area contributed by atoms with Crippen LogP contribution in [-0.4, -0.2) is 35.4 Å². The molecule has 114 valence electrons. The summed E-state index contributed by atoms with van der Waals surface area (Å²) in [6.45, 7) is 4.64. The lowest BCUT2D eigenvalue weighted by atomic mass is 10.2. The van der Waals surface area contributed by atoms with Gasteiger partial charge in [0, 0.05) is 31.7 Å². The van der Waals surface area contributed by atoms with Crippen LogP contribution in [0, 0.1) is 6.92 Å². The van der Waals surface area contributed by atoms with Crippen molar-refractivity contribution in [1.82, 2.24) is 15.4 Å². The number of aromatic nitrogens is 1. The van der Waals surface area contributed by atoms with Crippen LogP contribution in [0.2, 0.25) is 0 Å². The fourth-order valence-electron chi connectivity index (χ4n) is 2.80. The van der Waals surface area contributed by atoms with Crippen LogP contribution in [0.4, 0.5) is 4.39 Å². The summed E-state index contributed by atoms with van der Waals surface area (Å²) in [5.74, 6) is 0.810. The first-order chi connectivity index (χ1) is 10.2. The number of likely N-dealkylation sites (tertiary alicyclic amines) is 1. The number of nitrogens with one attached hydrogen (secondary N) is 1. The number of hydrogen-bond acceptors (Lipinski definition) is 5. The molecule has 1 aliphatic heterocycles. The summed E-state index contributed by atoms with van der Waals surface area (Å²) in [4.78, 5) is 2.14. The summed E-state index contributed by atoms with van der Waals surface area (Å²) in [6, 6.07) is 4.24. The quantitative estimate of drug-likeness (QED) is 0.891. The van der Waals surface area contributed by atoms with Crippen LogP contribution in [0.15, 0.2) is 27.4 Å². The molecule has 3 heterocycles. The Balaban J connectivity index is 1.52. The molecule has 0 bridgehead atoms. The van der Waals surface area contributed by atoms with Crippen LogP contribution >= 0.6 is 11.3 Å². The highest BCUT2D eigenvalue weighted by molar-refractivity contribution is 7.07. The number of rotatable bonds is 6. The second-order valence-corrected chi connectivity index (χ2v) is 6.39. The lowest BCUT2D eigenvalue weighted by Gasteiger charge is -2.23. The van der Waals surface area contributed by atoms with E-state index in [1.54, 1.807) is 11.3 Å². The molecule has 1 fully saturated rings. The predicted octanol–water partition coefficient (Wildman–Crippen LogP) is 2.75. The largest absolute Gasteiger partial charge is 0.360 e. The van der Waals surface area contributed by atoms with Gasteiger partial charge in [0.15, 0.2) is 5.76 Å². The molecule has 0 aromatic carbocycles. The van der Waals surface area contributed by atoms with Crippen molar-refractivity contribution in [3.8, 4) is 0 Å². The number of nitrogens with zero attached hydrogens (tertiary/aromatic N) is 2. The Labute approximate surface area is 127 Å². The average Bonchev–Trinajstić information content (AvgIpc) is 3.14. The summed E-state index contributed by atoms with van der Waals surface area (Å²) >= 11 is 1.70. The normalized spacial score (nSPS) is 23.0. The minimum Gasteiger partial charge on any atom is -0.360 e. The topological polar surface area (TPSA) is 41.3 Å². The maximum atomic E-state index is 13.7. The van der Waals surface area contributed by atoms with Gasteiger partial charge in [0.2, 0.25) is 0 Å². The van der Waals surface area contributed by atoms with E-state index >= 15 is 0 Å². The van der Waals surface area contributed by atoms with E-state index in [1.807, 2.05) is 13.0 Å². The number of halogens is 1. The highest BCUT2D eigenvalue weighted by Crippen LogP contribution is 2.22. The van der Waals surface area contributed by atoms with Gasteiger partial charge in [-0.3, -0.25) is 4.90 Å². The molecule has 0 aliphatic carbocycles. The highest BCUT2D eigenvalue weighted by Gasteiger charge is 2.32. The van der Waals surface area contributed by atoms with Crippen molar-refractivity contribution in [3.63, 3.8) is 0 Å². The van der Waals surface area contributed by atoms with E-state index in [2.05, 4.69) is 32.2 Å². The van der Waals surface area contributed by atoms with Gasteiger partial charge in [-0.25, -0.2) is 4.39 Å². The van der Waals surface area contributed by atoms with Crippen molar-refractivity contribution in [1.29, 1.82) is 0 Å². The second kappa shape index (κ2) is 6.68. The van der Waals surface area contributed by atoms with Gasteiger partial charge in [-0.15, -0.1) is 0 Å². The van der Waals surface area contributed by atoms with Gasteiger partial charge < -0.3 is 9.84 Å². The molecule has 6 heteroatoms. The van der Waals surface area contributed by atoms with E-state index in [1.165, 1.54) is 5.56 Å². The summed E-state index contributed by atoms with van der Waals surface area (Å²) < 4.78 is 19.0. The van der Waals surface area contributed by atoms with Crippen LogP contribution in [-0.2, 0) is 13.1 Å². The monoisotopic (exact) mass is 309 g/mol. The smallest absolute Gasteiger partial charge is 0.150 e. The third-order valence-electron chi connectivity index (χ3n) is 3.80. The summed E-state index contributed by atoms with van der Waals surface area (Å²) in [5, 5.41) is 11.5. The number of thiophene rings is 1. The molecule has 21 heavy (non-hydrogen) atoms. The van der Waals surface area contributed by atoms with Gasteiger partial charge in [0.05, 0.1) is 12.2 Å². The first-order valence-corrected chi connectivity index (χ1v) is 8.17. The zero-order valence-electron chi connectivity index (χ0n) is 12.1. The van der Waals surface area contributed by atoms with E-state index in [0.717, 1.165) is 24.5 Å². The molecule has 3 rings (SSSR count). The molecule has 1 N–H and O–H groups in total. The van der Waals surface area contributed by atoms with Gasteiger partial charge in [-0.05, 0) is 35.7 Å². The molecule has 4 nitrogen and oxygen atoms in total. The molecule has 2 aromatic heterocycles. The summed E-state index contributed by atoms with van der Waals surface area (Å²) in [6.07, 6.45) is -0.161. The summed E-state index contributed by atoms with van der Waals surface area (Å²) in [7, 11) is 0. The molecular formula is C15H20FN3OS. The molecule has 2 atom stereocenters. The lowest BCUT2D eigenvalue weighted by molar-refractivity contribution is 0.204. The minimum atomic E-state index is -0.748. The van der Waals surface area contributed by atoms with E-state index in [4.69, 9.17) is 4.52 Å². The Bertz CT molecular complexity index is 557. The summed E-state index contributed by atoms with van der Waals surface area (Å²) in [5.41, 5.74) is 2.15. The van der Waals surface area contributed by atoms with Gasteiger partial charge >= 0.3 is 0 Å². The minimum absolute atomic E-state index is 0.212. The van der Waals surface area contributed by atoms with Crippen LogP contribution in [0.1, 0.15) is 23.4 Å². The zero-order valence-corrected chi connectivity index (χ0v) is 12.9. The fraction of sp³-hybridized carbons (Fsp3) is 0.533. The number of aryl methyl sites for hydroxylation is 1. The molecule has 0 radical (unpaired) electrons. The van der Waals surface area contributed by atoms with Crippen molar-refractivity contribution in [2.75, 3.05) is 13.1 Å². The standard InChI is InChI=1S/C15H20FN3OS/c1-11-4-15(20-18-11)9-19-8-13(16)5-14(19)7-17-6-12-2-3-21-10-12/h2-4,10,13-14,17H,5-9H2,1H3/t13-,14-/m0/s1. The third kappa shape index (κ3) is 3.90. The number of alkyl halides is 1. The molecule has 0 unspecified atom stereocenters. The highest BCUT2D eigenvalue weighted by atomic mass is 32.1. The first-order valence-electron chi connectivity index (χ1n) is 7.23. The second-order valence-electron chi connectivity index (χ2n) is 5.61. The Morgan fingerprint density at radius 1 is 1.57 bits per heavy atom. The van der Waals surface area contributed by atoms with Crippen molar-refractivity contribution < 1.29 is 8.91 Å². The van der Waals surface area contributed by atoms with Crippen molar-refractivity contribution >= 4 is 11.3 Å². The zero-order chi connectivity index (χ0) is 14.7. The Hall–Kier alpha value is -1.24. The maximum Gasteiger partial charge on any atom is 0.150 e. The predicted molar refractivity (Wildman–Crippen MR) is 81.0 cm³/mol. The van der Waals surface area contributed by atoms with E-state index < -0.39 is 6.17 Å². The van der Waals surface area contributed by atoms with Crippen LogP contribution in [0.5, 0.6) is 0 Å². The van der Waals surface area contributed by atoms with E-state index in [-0.39, 0.29) is 6.04 Å². The lowest BCUT2D eigenvalue weighted by Crippen LogP contribution is -2.37. The van der Waals surface area contributed by atoms with Gasteiger partial charge in [-0.2, -0.15) is 11.3 Å². The molecule has 0 spiro atoms. The SMILES string of the molecule is Cc1cc(CN2C[C@@H](F)C[C@H]2CNCc2ccsc2)on1. The van der Waals surface area contributed by atoms with Crippen molar-refractivity contribution in [3.05, 3.63) is 39.9 Å². The van der Waals surface area contributed by atoms with Gasteiger partial charge in [0.1, 0.15) is 6.17 Å². The first kappa shape index (κ1) is 14.7. The van der Waals surface area contributed by atoms with Crippen molar-refractivity contribution in [2.24, 2.45) is 0 Å². The molecule has 0 amide bonds. The van der Waals surface area contributed by atoms with E-state index in [0.29, 0.717) is 19.5 Å². The van der Waals surface area contributed by atoms with E-state index in [9.17, 15) is 4.39 Å². The van der Waals surface area contributed by atoms with Gasteiger partial charge in [0.25, 0.3) is 0 Å². The van der Waals surface area contributed by atoms with Gasteiger partial charge in [-0.1, -0.05) is 5.16 Å². The molecule has 1 aliphatic rings. The van der Waals surface area contributed by atoms with Crippen LogP contribution < -0.4 is 5.32 Å². The average molecular weight is 309 g/mol. The van der Waals surface area contributed by atoms with Crippen molar-refractivity contribution in [2.45, 2.75) is 38.6 Å². The van der Waals surface area contributed by atoms with Crippen LogP contribution in [0.25, 0.3) is 0 Å².